The van der Waals surface area contributed by atoms with Crippen molar-refractivity contribution in [3.8, 4) is 0 Å². The second-order valence-corrected chi connectivity index (χ2v) is 8.47. The average Bonchev–Trinajstić information content (AvgIpc) is 3.23. The van der Waals surface area contributed by atoms with Crippen molar-refractivity contribution in [2.75, 3.05) is 6.54 Å². The smallest absolute Gasteiger partial charge is 0.291 e. The zero-order valence-electron chi connectivity index (χ0n) is 16.1. The molecule has 8 heteroatoms. The van der Waals surface area contributed by atoms with Gasteiger partial charge in [0.05, 0.1) is 0 Å². The van der Waals surface area contributed by atoms with Gasteiger partial charge in [-0.15, -0.1) is 17.9 Å². The molecule has 0 bridgehead atoms. The van der Waals surface area contributed by atoms with Crippen molar-refractivity contribution in [1.82, 2.24) is 24.8 Å². The number of rotatable bonds is 7. The minimum Gasteiger partial charge on any atom is -0.350 e. The van der Waals surface area contributed by atoms with Gasteiger partial charge in [0.15, 0.2) is 0 Å². The van der Waals surface area contributed by atoms with Crippen molar-refractivity contribution in [2.45, 2.75) is 51.2 Å². The Morgan fingerprint density at radius 2 is 2.21 bits per heavy atom. The van der Waals surface area contributed by atoms with Crippen LogP contribution in [0.4, 0.5) is 0 Å². The van der Waals surface area contributed by atoms with Crippen LogP contribution in [-0.4, -0.2) is 38.7 Å². The summed E-state index contributed by atoms with van der Waals surface area (Å²) in [6.45, 7) is 8.44. The maximum absolute atomic E-state index is 13.0. The number of nitrogens with one attached hydrogen (secondary N) is 2. The van der Waals surface area contributed by atoms with Crippen LogP contribution in [0.5, 0.6) is 0 Å². The molecule has 3 aromatic heterocycles. The van der Waals surface area contributed by atoms with E-state index >= 15 is 0 Å². The van der Waals surface area contributed by atoms with Gasteiger partial charge in [-0.05, 0) is 30.4 Å². The molecule has 1 aliphatic carbocycles. The molecule has 2 unspecified atom stereocenters. The van der Waals surface area contributed by atoms with Gasteiger partial charge in [0.25, 0.3) is 5.56 Å². The van der Waals surface area contributed by atoms with Crippen LogP contribution in [-0.2, 0) is 11.3 Å². The molecular weight excluding hydrogens is 374 g/mol. The highest BCUT2D eigenvalue weighted by atomic mass is 32.1. The topological polar surface area (TPSA) is 80.4 Å². The monoisotopic (exact) mass is 399 g/mol. The number of fused-ring (bicyclic) bond motifs is 3. The number of hydrogen-bond donors (Lipinski definition) is 2. The molecule has 0 spiro atoms. The van der Waals surface area contributed by atoms with Gasteiger partial charge in [0.2, 0.25) is 5.91 Å². The summed E-state index contributed by atoms with van der Waals surface area (Å²) in [5.74, 6) is 0.723. The van der Waals surface area contributed by atoms with E-state index in [-0.39, 0.29) is 36.0 Å². The molecular formula is C20H25N5O2S. The minimum absolute atomic E-state index is 0.0709. The van der Waals surface area contributed by atoms with E-state index in [2.05, 4.69) is 22.3 Å². The summed E-state index contributed by atoms with van der Waals surface area (Å²) in [7, 11) is 0. The Bertz CT molecular complexity index is 1090. The highest BCUT2D eigenvalue weighted by Crippen LogP contribution is 2.26. The summed E-state index contributed by atoms with van der Waals surface area (Å²) in [5, 5.41) is 14.0. The largest absolute Gasteiger partial charge is 0.350 e. The Morgan fingerprint density at radius 3 is 2.89 bits per heavy atom. The van der Waals surface area contributed by atoms with Gasteiger partial charge >= 0.3 is 0 Å². The fourth-order valence-electron chi connectivity index (χ4n) is 3.68. The third-order valence-electron chi connectivity index (χ3n) is 5.27. The number of nitrogens with zero attached hydrogens (tertiary/aromatic N) is 3. The van der Waals surface area contributed by atoms with Crippen molar-refractivity contribution in [2.24, 2.45) is 0 Å². The lowest BCUT2D eigenvalue weighted by molar-refractivity contribution is -0.123. The fraction of sp³-hybridized carbons (Fsp3) is 0.450. The first-order valence-corrected chi connectivity index (χ1v) is 10.5. The van der Waals surface area contributed by atoms with E-state index in [4.69, 9.17) is 0 Å². The van der Waals surface area contributed by atoms with Crippen LogP contribution < -0.4 is 16.2 Å². The van der Waals surface area contributed by atoms with Gasteiger partial charge in [-0.25, -0.2) is 4.68 Å². The van der Waals surface area contributed by atoms with Crippen LogP contribution in [0.3, 0.4) is 0 Å². The van der Waals surface area contributed by atoms with Crippen LogP contribution in [0, 0.1) is 0 Å². The van der Waals surface area contributed by atoms with E-state index in [1.165, 1.54) is 4.68 Å². The molecule has 1 amide bonds. The van der Waals surface area contributed by atoms with Gasteiger partial charge < -0.3 is 10.6 Å². The van der Waals surface area contributed by atoms with E-state index in [1.54, 1.807) is 11.3 Å². The zero-order valence-corrected chi connectivity index (χ0v) is 17.0. The zero-order chi connectivity index (χ0) is 19.8. The fourth-order valence-corrected chi connectivity index (χ4v) is 4.58. The second-order valence-electron chi connectivity index (χ2n) is 7.58. The molecule has 4 rings (SSSR count). The number of amides is 1. The Hall–Kier alpha value is -2.45. The van der Waals surface area contributed by atoms with Crippen molar-refractivity contribution in [1.29, 1.82) is 0 Å². The number of thiophene rings is 1. The Morgan fingerprint density at radius 1 is 1.43 bits per heavy atom. The van der Waals surface area contributed by atoms with Crippen molar-refractivity contribution < 1.29 is 4.79 Å². The molecule has 3 heterocycles. The van der Waals surface area contributed by atoms with Crippen LogP contribution >= 0.6 is 11.3 Å². The molecule has 0 radical (unpaired) electrons. The van der Waals surface area contributed by atoms with E-state index in [0.29, 0.717) is 5.52 Å². The van der Waals surface area contributed by atoms with Gasteiger partial charge in [-0.2, -0.15) is 5.10 Å². The number of aromatic nitrogens is 3. The van der Waals surface area contributed by atoms with Crippen LogP contribution in [0.1, 0.15) is 38.4 Å². The van der Waals surface area contributed by atoms with Gasteiger partial charge in [0, 0.05) is 29.9 Å². The highest BCUT2D eigenvalue weighted by Gasteiger charge is 2.31. The molecule has 0 saturated heterocycles. The van der Waals surface area contributed by atoms with Crippen molar-refractivity contribution in [3.63, 3.8) is 0 Å². The summed E-state index contributed by atoms with van der Waals surface area (Å²) >= 11 is 1.59. The molecule has 148 valence electrons. The molecule has 2 atom stereocenters. The quantitative estimate of drug-likeness (QED) is 0.597. The normalized spacial score (nSPS) is 19.2. The van der Waals surface area contributed by atoms with Crippen LogP contribution in [0.15, 0.2) is 35.0 Å². The van der Waals surface area contributed by atoms with E-state index in [1.807, 2.05) is 41.8 Å². The van der Waals surface area contributed by atoms with E-state index in [9.17, 15) is 9.59 Å². The molecule has 28 heavy (non-hydrogen) atoms. The first-order chi connectivity index (χ1) is 13.5. The third kappa shape index (κ3) is 3.27. The Balaban J connectivity index is 1.60. The predicted octanol–water partition coefficient (Wildman–Crippen LogP) is 2.26. The Labute approximate surface area is 167 Å². The predicted molar refractivity (Wildman–Crippen MR) is 112 cm³/mol. The molecule has 3 aromatic rings. The molecule has 7 nitrogen and oxygen atoms in total. The minimum atomic E-state index is -0.238. The van der Waals surface area contributed by atoms with Gasteiger partial charge in [-0.1, -0.05) is 19.9 Å². The second kappa shape index (κ2) is 7.52. The number of carbonyl (C=O) groups is 1. The maximum Gasteiger partial charge on any atom is 0.291 e. The Kier molecular flexibility index (Phi) is 5.07. The molecule has 2 N–H and O–H groups in total. The molecule has 1 aliphatic rings. The van der Waals surface area contributed by atoms with Crippen LogP contribution in [0.2, 0.25) is 0 Å². The first-order valence-electron chi connectivity index (χ1n) is 9.63. The molecule has 0 aromatic carbocycles. The summed E-state index contributed by atoms with van der Waals surface area (Å²) in [5.41, 5.74) is 0.334. The SMILES string of the molecule is C=CCNC1CCC1NC(=O)Cn1nc(C(C)C)n2c(cc3ccsc32)c1=O. The molecule has 0 aliphatic heterocycles. The number of carbonyl (C=O) groups excluding carboxylic acids is 1. The summed E-state index contributed by atoms with van der Waals surface area (Å²) in [6, 6.07) is 4.24. The lowest BCUT2D eigenvalue weighted by Gasteiger charge is -2.37. The standard InChI is InChI=1S/C20H25N5O2S/c1-4-8-21-14-5-6-15(14)22-17(26)11-24-19(27)16-10-13-7-9-28-20(13)25(16)18(23-24)12(2)3/h4,7,9-10,12,14-15,21H,1,5-6,8,11H2,2-3H3,(H,22,26). The summed E-state index contributed by atoms with van der Waals surface area (Å²) in [4.78, 5) is 26.5. The van der Waals surface area contributed by atoms with E-state index in [0.717, 1.165) is 35.4 Å². The first kappa shape index (κ1) is 18.9. The van der Waals surface area contributed by atoms with Crippen molar-refractivity contribution >= 4 is 33.0 Å². The lowest BCUT2D eigenvalue weighted by atomic mass is 9.86. The number of hydrogen-bond acceptors (Lipinski definition) is 5. The van der Waals surface area contributed by atoms with Crippen molar-refractivity contribution in [3.05, 3.63) is 46.3 Å². The summed E-state index contributed by atoms with van der Waals surface area (Å²) in [6.07, 6.45) is 3.78. The third-order valence-corrected chi connectivity index (χ3v) is 6.18. The van der Waals surface area contributed by atoms with Gasteiger partial charge in [-0.3, -0.25) is 14.0 Å². The maximum atomic E-state index is 13.0. The summed E-state index contributed by atoms with van der Waals surface area (Å²) < 4.78 is 3.23. The van der Waals surface area contributed by atoms with E-state index < -0.39 is 0 Å². The average molecular weight is 400 g/mol. The van der Waals surface area contributed by atoms with Crippen LogP contribution in [0.25, 0.3) is 15.7 Å². The lowest BCUT2D eigenvalue weighted by Crippen LogP contribution is -2.57. The van der Waals surface area contributed by atoms with Gasteiger partial charge in [0.1, 0.15) is 22.7 Å². The molecule has 1 fully saturated rings. The highest BCUT2D eigenvalue weighted by molar-refractivity contribution is 7.16. The molecule has 1 saturated carbocycles.